The van der Waals surface area contributed by atoms with Crippen LogP contribution < -0.4 is 4.90 Å². The first-order chi connectivity index (χ1) is 17.4. The van der Waals surface area contributed by atoms with E-state index in [4.69, 9.17) is 4.74 Å². The van der Waals surface area contributed by atoms with Gasteiger partial charge in [-0.05, 0) is 41.8 Å². The maximum atomic E-state index is 13.4. The normalized spacial score (nSPS) is 17.1. The van der Waals surface area contributed by atoms with Gasteiger partial charge in [-0.25, -0.2) is 9.78 Å². The quantitative estimate of drug-likeness (QED) is 0.174. The average Bonchev–Trinajstić information content (AvgIpc) is 3.45. The molecule has 1 atom stereocenters. The Kier molecular flexibility index (Phi) is 6.12. The van der Waals surface area contributed by atoms with Crippen LogP contribution in [0.5, 0.6) is 0 Å². The zero-order valence-corrected chi connectivity index (χ0v) is 20.4. The number of esters is 1. The van der Waals surface area contributed by atoms with Gasteiger partial charge in [0.15, 0.2) is 5.13 Å². The Hall–Kier alpha value is -4.30. The molecule has 1 fully saturated rings. The zero-order valence-electron chi connectivity index (χ0n) is 19.6. The molecule has 0 spiro atoms. The van der Waals surface area contributed by atoms with Crippen molar-refractivity contribution in [3.05, 3.63) is 101 Å². The van der Waals surface area contributed by atoms with E-state index in [0.717, 1.165) is 22.2 Å². The summed E-state index contributed by atoms with van der Waals surface area (Å²) in [6, 6.07) is 20.0. The van der Waals surface area contributed by atoms with Crippen LogP contribution in [0.2, 0.25) is 0 Å². The van der Waals surface area contributed by atoms with E-state index in [2.05, 4.69) is 11.9 Å². The van der Waals surface area contributed by atoms with Gasteiger partial charge in [-0.3, -0.25) is 14.5 Å². The zero-order chi connectivity index (χ0) is 25.4. The summed E-state index contributed by atoms with van der Waals surface area (Å²) < 4.78 is 5.68. The molecule has 180 valence electrons. The minimum atomic E-state index is -0.928. The molecule has 0 unspecified atom stereocenters. The van der Waals surface area contributed by atoms with E-state index in [-0.39, 0.29) is 11.3 Å². The Morgan fingerprint density at radius 3 is 2.42 bits per heavy atom. The molecule has 36 heavy (non-hydrogen) atoms. The van der Waals surface area contributed by atoms with E-state index in [9.17, 15) is 19.5 Å². The van der Waals surface area contributed by atoms with Gasteiger partial charge in [0, 0.05) is 5.56 Å². The maximum Gasteiger partial charge on any atom is 0.337 e. The molecule has 1 amide bonds. The fourth-order valence-electron chi connectivity index (χ4n) is 4.30. The summed E-state index contributed by atoms with van der Waals surface area (Å²) in [5, 5.41) is 11.5. The lowest BCUT2D eigenvalue weighted by atomic mass is 9.95. The lowest BCUT2D eigenvalue weighted by Gasteiger charge is -2.23. The van der Waals surface area contributed by atoms with Gasteiger partial charge in [-0.1, -0.05) is 66.8 Å². The smallest absolute Gasteiger partial charge is 0.337 e. The Labute approximate surface area is 211 Å². The SMILES string of the molecule is CCc1ccc2nc(N3C(=O)C(=O)/C(=C(/O)c4ccccc4)[C@H]3c3ccc(C(=O)OC)cc3)sc2c1. The molecule has 0 radical (unpaired) electrons. The highest BCUT2D eigenvalue weighted by Gasteiger charge is 2.48. The molecule has 1 aromatic heterocycles. The molecule has 8 heteroatoms. The number of hydrogen-bond acceptors (Lipinski definition) is 7. The van der Waals surface area contributed by atoms with Gasteiger partial charge in [0.05, 0.1) is 34.5 Å². The number of benzene rings is 3. The number of fused-ring (bicyclic) bond motifs is 1. The number of carbonyl (C=O) groups is 3. The number of rotatable bonds is 5. The van der Waals surface area contributed by atoms with Gasteiger partial charge in [0.2, 0.25) is 0 Å². The molecule has 3 aromatic carbocycles. The number of aliphatic hydroxyl groups excluding tert-OH is 1. The number of Topliss-reactive ketones (excluding diaryl/α,β-unsaturated/α-hetero) is 1. The van der Waals surface area contributed by atoms with E-state index in [0.29, 0.717) is 21.8 Å². The number of amides is 1. The van der Waals surface area contributed by atoms with Gasteiger partial charge in [0.25, 0.3) is 5.78 Å². The number of methoxy groups -OCH3 is 1. The van der Waals surface area contributed by atoms with Crippen molar-refractivity contribution in [1.82, 2.24) is 4.98 Å². The van der Waals surface area contributed by atoms with E-state index in [1.54, 1.807) is 54.6 Å². The van der Waals surface area contributed by atoms with Gasteiger partial charge < -0.3 is 9.84 Å². The number of nitrogens with zero attached hydrogens (tertiary/aromatic N) is 2. The van der Waals surface area contributed by atoms with Crippen LogP contribution in [0.3, 0.4) is 0 Å². The Morgan fingerprint density at radius 1 is 1.03 bits per heavy atom. The molecule has 1 saturated heterocycles. The molecular weight excluding hydrogens is 476 g/mol. The molecule has 1 aliphatic rings. The molecule has 7 nitrogen and oxygen atoms in total. The first-order valence-corrected chi connectivity index (χ1v) is 12.2. The largest absolute Gasteiger partial charge is 0.507 e. The Balaban J connectivity index is 1.70. The summed E-state index contributed by atoms with van der Waals surface area (Å²) >= 11 is 1.31. The van der Waals surface area contributed by atoms with Crippen molar-refractivity contribution in [3.8, 4) is 0 Å². The van der Waals surface area contributed by atoms with Gasteiger partial charge in [-0.2, -0.15) is 0 Å². The molecule has 2 heterocycles. The third-order valence-electron chi connectivity index (χ3n) is 6.20. The first kappa shape index (κ1) is 23.4. The van der Waals surface area contributed by atoms with Crippen molar-refractivity contribution in [3.63, 3.8) is 0 Å². The van der Waals surface area contributed by atoms with E-state index < -0.39 is 23.7 Å². The molecule has 0 aliphatic carbocycles. The number of aromatic nitrogens is 1. The predicted molar refractivity (Wildman–Crippen MR) is 138 cm³/mol. The fraction of sp³-hybridized carbons (Fsp3) is 0.143. The second-order valence-electron chi connectivity index (χ2n) is 8.30. The van der Waals surface area contributed by atoms with Crippen LogP contribution in [-0.4, -0.2) is 34.9 Å². The second kappa shape index (κ2) is 9.39. The van der Waals surface area contributed by atoms with Crippen LogP contribution in [0.1, 0.15) is 40.0 Å². The topological polar surface area (TPSA) is 96.8 Å². The number of aliphatic hydroxyl groups is 1. The monoisotopic (exact) mass is 498 g/mol. The lowest BCUT2D eigenvalue weighted by Crippen LogP contribution is -2.29. The lowest BCUT2D eigenvalue weighted by molar-refractivity contribution is -0.132. The van der Waals surface area contributed by atoms with Crippen LogP contribution in [-0.2, 0) is 20.7 Å². The highest BCUT2D eigenvalue weighted by Crippen LogP contribution is 2.44. The number of hydrogen-bond donors (Lipinski definition) is 1. The van der Waals surface area contributed by atoms with Gasteiger partial charge in [-0.15, -0.1) is 0 Å². The molecular formula is C28H22N2O5S. The summed E-state index contributed by atoms with van der Waals surface area (Å²) in [6.07, 6.45) is 0.858. The molecule has 0 saturated carbocycles. The number of ketones is 1. The predicted octanol–water partition coefficient (Wildman–Crippen LogP) is 5.27. The van der Waals surface area contributed by atoms with Crippen molar-refractivity contribution in [2.24, 2.45) is 0 Å². The van der Waals surface area contributed by atoms with Crippen molar-refractivity contribution in [2.45, 2.75) is 19.4 Å². The highest BCUT2D eigenvalue weighted by molar-refractivity contribution is 7.22. The van der Waals surface area contributed by atoms with Gasteiger partial charge in [0.1, 0.15) is 5.76 Å². The van der Waals surface area contributed by atoms with Gasteiger partial charge >= 0.3 is 11.9 Å². The molecule has 1 N–H and O–H groups in total. The summed E-state index contributed by atoms with van der Waals surface area (Å²) in [6.45, 7) is 2.06. The van der Waals surface area contributed by atoms with Crippen molar-refractivity contribution >= 4 is 50.1 Å². The summed E-state index contributed by atoms with van der Waals surface area (Å²) in [7, 11) is 1.29. The van der Waals surface area contributed by atoms with Crippen LogP contribution in [0.15, 0.2) is 78.4 Å². The summed E-state index contributed by atoms with van der Waals surface area (Å²) in [5.74, 6) is -2.35. The Morgan fingerprint density at radius 2 is 1.75 bits per heavy atom. The van der Waals surface area contributed by atoms with Crippen molar-refractivity contribution in [1.29, 1.82) is 0 Å². The Bertz CT molecular complexity index is 1520. The maximum absolute atomic E-state index is 13.4. The fourth-order valence-corrected chi connectivity index (χ4v) is 5.35. The third kappa shape index (κ3) is 3.95. The number of anilines is 1. The number of thiazole rings is 1. The third-order valence-corrected chi connectivity index (χ3v) is 7.21. The van der Waals surface area contributed by atoms with Crippen molar-refractivity contribution < 1.29 is 24.2 Å². The van der Waals surface area contributed by atoms with Crippen LogP contribution in [0.4, 0.5) is 5.13 Å². The second-order valence-corrected chi connectivity index (χ2v) is 9.31. The van der Waals surface area contributed by atoms with E-state index >= 15 is 0 Å². The number of carbonyl (C=O) groups excluding carboxylic acids is 3. The van der Waals surface area contributed by atoms with E-state index in [1.165, 1.54) is 23.3 Å². The van der Waals surface area contributed by atoms with Crippen LogP contribution >= 0.6 is 11.3 Å². The minimum absolute atomic E-state index is 0.0366. The standard InChI is InChI=1S/C28H22N2O5S/c1-3-16-9-14-20-21(15-16)36-28(29-20)30-23(17-10-12-19(13-11-17)27(34)35-2)22(25(32)26(30)33)24(31)18-7-5-4-6-8-18/h4-15,23,31H,3H2,1-2H3/b24-22+/t23-/m1/s1. The van der Waals surface area contributed by atoms with Crippen LogP contribution in [0, 0.1) is 0 Å². The highest BCUT2D eigenvalue weighted by atomic mass is 32.1. The first-order valence-electron chi connectivity index (χ1n) is 11.4. The number of ether oxygens (including phenoxy) is 1. The van der Waals surface area contributed by atoms with E-state index in [1.807, 2.05) is 18.2 Å². The minimum Gasteiger partial charge on any atom is -0.507 e. The van der Waals surface area contributed by atoms with Crippen LogP contribution in [0.25, 0.3) is 16.0 Å². The van der Waals surface area contributed by atoms with Crippen molar-refractivity contribution in [2.75, 3.05) is 12.0 Å². The molecule has 0 bridgehead atoms. The molecule has 4 aromatic rings. The summed E-state index contributed by atoms with van der Waals surface area (Å²) in [5.41, 5.74) is 3.12. The molecule has 1 aliphatic heterocycles. The summed E-state index contributed by atoms with van der Waals surface area (Å²) in [4.78, 5) is 44.6. The molecule has 5 rings (SSSR count). The average molecular weight is 499 g/mol. The number of aryl methyl sites for hydroxylation is 1.